The standard InChI is InChI=1S/C18H24N4O3/c1-4-21(3)14-8-6-5-7-13(14)19-15(23)11-22-16(24)18(2,12-9-10-12)20-17(22)25/h5-8,12H,4,9-11H2,1-3H3,(H,19,23)(H,20,25). The highest BCUT2D eigenvalue weighted by atomic mass is 16.2. The zero-order valence-electron chi connectivity index (χ0n) is 14.8. The zero-order chi connectivity index (χ0) is 18.2. The SMILES string of the molecule is CCN(C)c1ccccc1NC(=O)CN1C(=O)NC(C)(C2CC2)C1=O. The van der Waals surface area contributed by atoms with Crippen LogP contribution in [0.1, 0.15) is 26.7 Å². The summed E-state index contributed by atoms with van der Waals surface area (Å²) in [4.78, 5) is 40.2. The summed E-state index contributed by atoms with van der Waals surface area (Å²) >= 11 is 0. The van der Waals surface area contributed by atoms with Crippen molar-refractivity contribution in [3.8, 4) is 0 Å². The molecule has 25 heavy (non-hydrogen) atoms. The lowest BCUT2D eigenvalue weighted by atomic mass is 9.96. The molecule has 1 aliphatic heterocycles. The van der Waals surface area contributed by atoms with E-state index in [1.807, 2.05) is 37.1 Å². The molecule has 134 valence electrons. The van der Waals surface area contributed by atoms with Gasteiger partial charge in [0.05, 0.1) is 11.4 Å². The quantitative estimate of drug-likeness (QED) is 0.771. The Bertz CT molecular complexity index is 716. The maximum absolute atomic E-state index is 12.6. The van der Waals surface area contributed by atoms with Gasteiger partial charge >= 0.3 is 6.03 Å². The van der Waals surface area contributed by atoms with Gasteiger partial charge in [-0.25, -0.2) is 4.79 Å². The van der Waals surface area contributed by atoms with Gasteiger partial charge in [0.1, 0.15) is 12.1 Å². The molecule has 7 heteroatoms. The van der Waals surface area contributed by atoms with Crippen LogP contribution in [0.4, 0.5) is 16.2 Å². The Kier molecular flexibility index (Phi) is 4.41. The monoisotopic (exact) mass is 344 g/mol. The van der Waals surface area contributed by atoms with Crippen LogP contribution >= 0.6 is 0 Å². The van der Waals surface area contributed by atoms with E-state index in [1.165, 1.54) is 0 Å². The molecule has 0 bridgehead atoms. The number of carbonyl (C=O) groups is 3. The van der Waals surface area contributed by atoms with Gasteiger partial charge in [0.15, 0.2) is 0 Å². The predicted molar refractivity (Wildman–Crippen MR) is 95.4 cm³/mol. The normalized spacial score (nSPS) is 22.8. The maximum atomic E-state index is 12.6. The summed E-state index contributed by atoms with van der Waals surface area (Å²) < 4.78 is 0. The van der Waals surface area contributed by atoms with E-state index in [0.717, 1.165) is 30.0 Å². The first kappa shape index (κ1) is 17.3. The fourth-order valence-electron chi connectivity index (χ4n) is 3.21. The molecule has 1 atom stereocenters. The highest BCUT2D eigenvalue weighted by Gasteiger charge is 2.56. The van der Waals surface area contributed by atoms with Crippen LogP contribution in [0.15, 0.2) is 24.3 Å². The van der Waals surface area contributed by atoms with Gasteiger partial charge in [-0.05, 0) is 44.7 Å². The minimum absolute atomic E-state index is 0.177. The molecule has 1 heterocycles. The number of anilines is 2. The zero-order valence-corrected chi connectivity index (χ0v) is 14.8. The molecule has 1 aromatic rings. The average Bonchev–Trinajstić information content (AvgIpc) is 3.41. The second-order valence-electron chi connectivity index (χ2n) is 6.88. The number of amides is 4. The fourth-order valence-corrected chi connectivity index (χ4v) is 3.21. The first-order valence-corrected chi connectivity index (χ1v) is 8.61. The number of carbonyl (C=O) groups excluding carboxylic acids is 3. The van der Waals surface area contributed by atoms with E-state index in [4.69, 9.17) is 0 Å². The van der Waals surface area contributed by atoms with Gasteiger partial charge in [-0.15, -0.1) is 0 Å². The number of hydrogen-bond acceptors (Lipinski definition) is 4. The van der Waals surface area contributed by atoms with E-state index in [2.05, 4.69) is 10.6 Å². The Labute approximate surface area is 147 Å². The number of hydrogen-bond donors (Lipinski definition) is 2. The van der Waals surface area contributed by atoms with Gasteiger partial charge in [0.25, 0.3) is 5.91 Å². The smallest absolute Gasteiger partial charge is 0.325 e. The van der Waals surface area contributed by atoms with Crippen molar-refractivity contribution in [1.29, 1.82) is 0 Å². The molecule has 1 saturated heterocycles. The van der Waals surface area contributed by atoms with Crippen LogP contribution in [0.5, 0.6) is 0 Å². The van der Waals surface area contributed by atoms with E-state index in [1.54, 1.807) is 13.0 Å². The number of urea groups is 1. The summed E-state index contributed by atoms with van der Waals surface area (Å²) in [5.74, 6) is -0.523. The fraction of sp³-hybridized carbons (Fsp3) is 0.500. The Morgan fingerprint density at radius 1 is 1.36 bits per heavy atom. The highest BCUT2D eigenvalue weighted by Crippen LogP contribution is 2.42. The summed E-state index contributed by atoms with van der Waals surface area (Å²) in [7, 11) is 1.93. The van der Waals surface area contributed by atoms with Crippen LogP contribution in [0.2, 0.25) is 0 Å². The van der Waals surface area contributed by atoms with Crippen molar-refractivity contribution in [3.63, 3.8) is 0 Å². The molecular weight excluding hydrogens is 320 g/mol. The number of para-hydroxylation sites is 2. The van der Waals surface area contributed by atoms with Gasteiger partial charge in [-0.1, -0.05) is 12.1 Å². The predicted octanol–water partition coefficient (Wildman–Crippen LogP) is 1.80. The van der Waals surface area contributed by atoms with Crippen molar-refractivity contribution in [2.24, 2.45) is 5.92 Å². The third kappa shape index (κ3) is 3.18. The van der Waals surface area contributed by atoms with Crippen molar-refractivity contribution < 1.29 is 14.4 Å². The van der Waals surface area contributed by atoms with E-state index < -0.39 is 11.6 Å². The highest BCUT2D eigenvalue weighted by molar-refractivity contribution is 6.10. The molecule has 0 spiro atoms. The molecule has 4 amide bonds. The molecule has 1 aliphatic carbocycles. The summed E-state index contributed by atoms with van der Waals surface area (Å²) in [6, 6.07) is 6.96. The Balaban J connectivity index is 1.69. The summed E-state index contributed by atoms with van der Waals surface area (Å²) in [6.45, 7) is 4.27. The van der Waals surface area contributed by atoms with Crippen LogP contribution in [-0.2, 0) is 9.59 Å². The molecular formula is C18H24N4O3. The maximum Gasteiger partial charge on any atom is 0.325 e. The van der Waals surface area contributed by atoms with Crippen molar-refractivity contribution in [3.05, 3.63) is 24.3 Å². The minimum atomic E-state index is -0.863. The van der Waals surface area contributed by atoms with Crippen molar-refractivity contribution >= 4 is 29.2 Å². The number of nitrogens with one attached hydrogen (secondary N) is 2. The van der Waals surface area contributed by atoms with Crippen molar-refractivity contribution in [1.82, 2.24) is 10.2 Å². The molecule has 1 aromatic carbocycles. The third-order valence-electron chi connectivity index (χ3n) is 5.06. The van der Waals surface area contributed by atoms with Gasteiger partial charge < -0.3 is 15.5 Å². The van der Waals surface area contributed by atoms with Crippen LogP contribution in [0.3, 0.4) is 0 Å². The Morgan fingerprint density at radius 3 is 2.68 bits per heavy atom. The van der Waals surface area contributed by atoms with Gasteiger partial charge in [0.2, 0.25) is 5.91 Å². The molecule has 0 radical (unpaired) electrons. The second-order valence-corrected chi connectivity index (χ2v) is 6.88. The van der Waals surface area contributed by atoms with E-state index >= 15 is 0 Å². The van der Waals surface area contributed by atoms with Crippen molar-refractivity contribution in [2.75, 3.05) is 30.4 Å². The largest absolute Gasteiger partial charge is 0.373 e. The molecule has 2 N–H and O–H groups in total. The summed E-state index contributed by atoms with van der Waals surface area (Å²) in [5.41, 5.74) is 0.685. The minimum Gasteiger partial charge on any atom is -0.373 e. The molecule has 1 saturated carbocycles. The third-order valence-corrected chi connectivity index (χ3v) is 5.06. The van der Waals surface area contributed by atoms with Gasteiger partial charge in [-0.2, -0.15) is 0 Å². The number of imide groups is 1. The van der Waals surface area contributed by atoms with Crippen molar-refractivity contribution in [2.45, 2.75) is 32.2 Å². The van der Waals surface area contributed by atoms with E-state index in [-0.39, 0.29) is 24.3 Å². The molecule has 2 aliphatic rings. The lowest BCUT2D eigenvalue weighted by Gasteiger charge is -2.22. The number of rotatable bonds is 6. The van der Waals surface area contributed by atoms with Gasteiger partial charge in [-0.3, -0.25) is 14.5 Å². The number of benzene rings is 1. The van der Waals surface area contributed by atoms with Crippen LogP contribution in [0.25, 0.3) is 0 Å². The van der Waals surface area contributed by atoms with E-state index in [0.29, 0.717) is 5.69 Å². The summed E-state index contributed by atoms with van der Waals surface area (Å²) in [6.07, 6.45) is 1.86. The average molecular weight is 344 g/mol. The molecule has 3 rings (SSSR count). The number of nitrogens with zero attached hydrogens (tertiary/aromatic N) is 2. The van der Waals surface area contributed by atoms with E-state index in [9.17, 15) is 14.4 Å². The van der Waals surface area contributed by atoms with Crippen LogP contribution in [-0.4, -0.2) is 48.4 Å². The van der Waals surface area contributed by atoms with Crippen LogP contribution < -0.4 is 15.5 Å². The lowest BCUT2D eigenvalue weighted by Crippen LogP contribution is -2.46. The second kappa shape index (κ2) is 6.38. The first-order valence-electron chi connectivity index (χ1n) is 8.61. The first-order chi connectivity index (χ1) is 11.9. The molecule has 2 fully saturated rings. The molecule has 0 aromatic heterocycles. The topological polar surface area (TPSA) is 81.8 Å². The Morgan fingerprint density at radius 2 is 2.04 bits per heavy atom. The Hall–Kier alpha value is -2.57. The molecule has 1 unspecified atom stereocenters. The van der Waals surface area contributed by atoms with Gasteiger partial charge in [0, 0.05) is 13.6 Å². The lowest BCUT2D eigenvalue weighted by molar-refractivity contribution is -0.134. The molecule has 7 nitrogen and oxygen atoms in total. The van der Waals surface area contributed by atoms with Crippen LogP contribution in [0, 0.1) is 5.92 Å². The summed E-state index contributed by atoms with van der Waals surface area (Å²) in [5, 5.41) is 5.56.